The lowest BCUT2D eigenvalue weighted by atomic mass is 9.82. The van der Waals surface area contributed by atoms with Crippen LogP contribution in [0.2, 0.25) is 0 Å². The molecule has 0 aromatic carbocycles. The van der Waals surface area contributed by atoms with Crippen molar-refractivity contribution >= 4 is 16.1 Å². The number of hydrogen-bond donors (Lipinski definition) is 0. The standard InChI is InChI=1S/C13H24O5S/c1-3-4-9-17-13(14)12-7-5-11(6-8-12)10-18-19(2,15)16/h11-12H,3-10H2,1-2H3. The number of carbonyl (C=O) groups excluding carboxylic acids is 1. The highest BCUT2D eigenvalue weighted by Crippen LogP contribution is 2.30. The molecule has 1 fully saturated rings. The van der Waals surface area contributed by atoms with Gasteiger partial charge in [-0.2, -0.15) is 8.42 Å². The van der Waals surface area contributed by atoms with Gasteiger partial charge in [-0.05, 0) is 38.0 Å². The molecule has 112 valence electrons. The molecule has 0 atom stereocenters. The van der Waals surface area contributed by atoms with Gasteiger partial charge in [0.05, 0.1) is 25.4 Å². The molecule has 0 aromatic heterocycles. The monoisotopic (exact) mass is 292 g/mol. The summed E-state index contributed by atoms with van der Waals surface area (Å²) in [5, 5.41) is 0. The summed E-state index contributed by atoms with van der Waals surface area (Å²) in [6.45, 7) is 2.80. The molecule has 19 heavy (non-hydrogen) atoms. The fraction of sp³-hybridized carbons (Fsp3) is 0.923. The Labute approximate surface area is 115 Å². The van der Waals surface area contributed by atoms with Crippen LogP contribution in [0.25, 0.3) is 0 Å². The first-order valence-electron chi connectivity index (χ1n) is 6.93. The van der Waals surface area contributed by atoms with E-state index in [2.05, 4.69) is 6.92 Å². The van der Waals surface area contributed by atoms with E-state index in [1.165, 1.54) is 0 Å². The van der Waals surface area contributed by atoms with Crippen LogP contribution in [0.15, 0.2) is 0 Å². The summed E-state index contributed by atoms with van der Waals surface area (Å²) in [5.41, 5.74) is 0. The van der Waals surface area contributed by atoms with Gasteiger partial charge in [-0.25, -0.2) is 0 Å². The summed E-state index contributed by atoms with van der Waals surface area (Å²) < 4.78 is 31.8. The van der Waals surface area contributed by atoms with E-state index in [-0.39, 0.29) is 24.4 Å². The number of hydrogen-bond acceptors (Lipinski definition) is 5. The number of ether oxygens (including phenoxy) is 1. The Balaban J connectivity index is 2.23. The number of rotatable bonds is 7. The first kappa shape index (κ1) is 16.4. The Bertz CT molecular complexity index is 368. The van der Waals surface area contributed by atoms with Crippen molar-refractivity contribution in [3.8, 4) is 0 Å². The van der Waals surface area contributed by atoms with Crippen LogP contribution >= 0.6 is 0 Å². The fourth-order valence-electron chi connectivity index (χ4n) is 2.22. The minimum absolute atomic E-state index is 0.0219. The Morgan fingerprint density at radius 1 is 1.21 bits per heavy atom. The van der Waals surface area contributed by atoms with Gasteiger partial charge in [0.25, 0.3) is 10.1 Å². The molecule has 5 nitrogen and oxygen atoms in total. The number of esters is 1. The lowest BCUT2D eigenvalue weighted by molar-refractivity contribution is -0.150. The summed E-state index contributed by atoms with van der Waals surface area (Å²) in [6, 6.07) is 0. The van der Waals surface area contributed by atoms with E-state index in [1.807, 2.05) is 0 Å². The van der Waals surface area contributed by atoms with E-state index in [0.717, 1.165) is 44.8 Å². The third-order valence-electron chi connectivity index (χ3n) is 3.44. The molecule has 1 rings (SSSR count). The zero-order valence-corrected chi connectivity index (χ0v) is 12.6. The summed E-state index contributed by atoms with van der Waals surface area (Å²) in [5.74, 6) is 0.108. The second kappa shape index (κ2) is 7.85. The number of carbonyl (C=O) groups is 1. The Hall–Kier alpha value is -0.620. The lowest BCUT2D eigenvalue weighted by Gasteiger charge is -2.26. The molecule has 0 spiro atoms. The van der Waals surface area contributed by atoms with Gasteiger partial charge in [0.1, 0.15) is 0 Å². The Morgan fingerprint density at radius 2 is 1.84 bits per heavy atom. The van der Waals surface area contributed by atoms with Crippen LogP contribution < -0.4 is 0 Å². The highest BCUT2D eigenvalue weighted by molar-refractivity contribution is 7.85. The van der Waals surface area contributed by atoms with Crippen molar-refractivity contribution in [1.29, 1.82) is 0 Å². The molecule has 0 aromatic rings. The normalized spacial score (nSPS) is 24.1. The molecular weight excluding hydrogens is 268 g/mol. The fourth-order valence-corrected chi connectivity index (χ4v) is 2.66. The zero-order chi connectivity index (χ0) is 14.3. The highest BCUT2D eigenvalue weighted by Gasteiger charge is 2.27. The zero-order valence-electron chi connectivity index (χ0n) is 11.8. The largest absolute Gasteiger partial charge is 0.465 e. The molecule has 0 amide bonds. The minimum Gasteiger partial charge on any atom is -0.465 e. The van der Waals surface area contributed by atoms with Gasteiger partial charge in [-0.3, -0.25) is 8.98 Å². The Morgan fingerprint density at radius 3 is 2.37 bits per heavy atom. The summed E-state index contributed by atoms with van der Waals surface area (Å²) in [6.07, 6.45) is 6.16. The van der Waals surface area contributed by atoms with Crippen molar-refractivity contribution in [3.63, 3.8) is 0 Å². The van der Waals surface area contributed by atoms with E-state index in [1.54, 1.807) is 0 Å². The molecule has 0 unspecified atom stereocenters. The second-order valence-corrected chi connectivity index (χ2v) is 6.87. The highest BCUT2D eigenvalue weighted by atomic mass is 32.2. The average Bonchev–Trinajstić information content (AvgIpc) is 2.36. The molecule has 0 aliphatic heterocycles. The van der Waals surface area contributed by atoms with Crippen molar-refractivity contribution in [3.05, 3.63) is 0 Å². The van der Waals surface area contributed by atoms with Gasteiger partial charge >= 0.3 is 5.97 Å². The van der Waals surface area contributed by atoms with Crippen molar-refractivity contribution < 1.29 is 22.1 Å². The van der Waals surface area contributed by atoms with Gasteiger partial charge in [-0.15, -0.1) is 0 Å². The van der Waals surface area contributed by atoms with E-state index in [0.29, 0.717) is 6.61 Å². The molecule has 0 bridgehead atoms. The molecule has 0 N–H and O–H groups in total. The van der Waals surface area contributed by atoms with Crippen LogP contribution in [0.1, 0.15) is 45.4 Å². The second-order valence-electron chi connectivity index (χ2n) is 5.23. The van der Waals surface area contributed by atoms with Crippen molar-refractivity contribution in [1.82, 2.24) is 0 Å². The van der Waals surface area contributed by atoms with Crippen LogP contribution in [0.4, 0.5) is 0 Å². The van der Waals surface area contributed by atoms with Gasteiger partial charge in [0.15, 0.2) is 0 Å². The van der Waals surface area contributed by atoms with E-state index >= 15 is 0 Å². The van der Waals surface area contributed by atoms with Gasteiger partial charge in [0.2, 0.25) is 0 Å². The van der Waals surface area contributed by atoms with E-state index < -0.39 is 10.1 Å². The lowest BCUT2D eigenvalue weighted by Crippen LogP contribution is -2.26. The molecule has 1 aliphatic carbocycles. The van der Waals surface area contributed by atoms with Crippen molar-refractivity contribution in [2.24, 2.45) is 11.8 Å². The van der Waals surface area contributed by atoms with E-state index in [9.17, 15) is 13.2 Å². The predicted octanol–water partition coefficient (Wildman–Crippen LogP) is 2.11. The molecule has 0 saturated heterocycles. The molecule has 1 aliphatic rings. The maximum atomic E-state index is 11.7. The van der Waals surface area contributed by atoms with Crippen LogP contribution in [-0.4, -0.2) is 33.9 Å². The van der Waals surface area contributed by atoms with Gasteiger partial charge in [0, 0.05) is 0 Å². The first-order valence-corrected chi connectivity index (χ1v) is 8.75. The van der Waals surface area contributed by atoms with Gasteiger partial charge < -0.3 is 4.74 Å². The van der Waals surface area contributed by atoms with Crippen LogP contribution in [0, 0.1) is 11.8 Å². The maximum Gasteiger partial charge on any atom is 0.308 e. The minimum atomic E-state index is -3.36. The molecular formula is C13H24O5S. The number of unbranched alkanes of at least 4 members (excludes halogenated alkanes) is 1. The van der Waals surface area contributed by atoms with Crippen molar-refractivity contribution in [2.75, 3.05) is 19.5 Å². The van der Waals surface area contributed by atoms with Crippen LogP contribution in [0.5, 0.6) is 0 Å². The van der Waals surface area contributed by atoms with Gasteiger partial charge in [-0.1, -0.05) is 13.3 Å². The maximum absolute atomic E-state index is 11.7. The van der Waals surface area contributed by atoms with Crippen LogP contribution in [-0.2, 0) is 23.8 Å². The SMILES string of the molecule is CCCCOC(=O)C1CCC(COS(C)(=O)=O)CC1. The first-order chi connectivity index (χ1) is 8.92. The quantitative estimate of drug-likeness (QED) is 0.408. The van der Waals surface area contributed by atoms with E-state index in [4.69, 9.17) is 8.92 Å². The average molecular weight is 292 g/mol. The smallest absolute Gasteiger partial charge is 0.308 e. The molecule has 1 saturated carbocycles. The molecule has 0 heterocycles. The summed E-state index contributed by atoms with van der Waals surface area (Å²) in [7, 11) is -3.36. The third kappa shape index (κ3) is 6.92. The Kier molecular flexibility index (Phi) is 6.79. The predicted molar refractivity (Wildman–Crippen MR) is 72.1 cm³/mol. The molecule has 0 radical (unpaired) electrons. The summed E-state index contributed by atoms with van der Waals surface area (Å²) in [4.78, 5) is 11.7. The topological polar surface area (TPSA) is 69.7 Å². The third-order valence-corrected chi connectivity index (χ3v) is 4.00. The van der Waals surface area contributed by atoms with Crippen molar-refractivity contribution in [2.45, 2.75) is 45.4 Å². The van der Waals surface area contributed by atoms with Crippen LogP contribution in [0.3, 0.4) is 0 Å². The molecule has 6 heteroatoms. The summed E-state index contributed by atoms with van der Waals surface area (Å²) >= 11 is 0.